The van der Waals surface area contributed by atoms with Crippen LogP contribution in [0.15, 0.2) is 18.3 Å². The minimum absolute atomic E-state index is 0.154. The Bertz CT molecular complexity index is 680. The quantitative estimate of drug-likeness (QED) is 0.752. The van der Waals surface area contributed by atoms with E-state index in [2.05, 4.69) is 15.5 Å². The van der Waals surface area contributed by atoms with E-state index >= 15 is 0 Å². The van der Waals surface area contributed by atoms with E-state index < -0.39 is 17.9 Å². The highest BCUT2D eigenvalue weighted by atomic mass is 35.5. The fraction of sp³-hybridized carbons (Fsp3) is 0.357. The van der Waals surface area contributed by atoms with Crippen molar-refractivity contribution in [2.75, 3.05) is 0 Å². The predicted molar refractivity (Wildman–Crippen MR) is 85.3 cm³/mol. The van der Waals surface area contributed by atoms with Gasteiger partial charge < -0.3 is 10.4 Å². The van der Waals surface area contributed by atoms with Gasteiger partial charge in [-0.15, -0.1) is 11.3 Å². The molecule has 0 saturated heterocycles. The fourth-order valence-electron chi connectivity index (χ4n) is 2.02. The summed E-state index contributed by atoms with van der Waals surface area (Å²) < 4.78 is 0.596. The van der Waals surface area contributed by atoms with Crippen molar-refractivity contribution in [3.63, 3.8) is 0 Å². The maximum atomic E-state index is 12.3. The second kappa shape index (κ2) is 6.93. The molecule has 0 spiro atoms. The summed E-state index contributed by atoms with van der Waals surface area (Å²) in [7, 11) is 0. The van der Waals surface area contributed by atoms with E-state index in [1.54, 1.807) is 12.1 Å². The number of nitrogens with zero attached hydrogens (tertiary/aromatic N) is 1. The highest BCUT2D eigenvalue weighted by Gasteiger charge is 2.24. The van der Waals surface area contributed by atoms with Gasteiger partial charge >= 0.3 is 5.97 Å². The molecule has 0 bridgehead atoms. The summed E-state index contributed by atoms with van der Waals surface area (Å²) in [6.07, 6.45) is 1.74. The minimum Gasteiger partial charge on any atom is -0.480 e. The average Bonchev–Trinajstić information content (AvgIpc) is 3.05. The summed E-state index contributed by atoms with van der Waals surface area (Å²) in [5.41, 5.74) is 0.830. The van der Waals surface area contributed by atoms with Crippen LogP contribution < -0.4 is 5.32 Å². The second-order valence-electron chi connectivity index (χ2n) is 5.26. The SMILES string of the molecule is CC(C)C[C@@H](NC(=O)c1cn[nH]c1-c1ccc(Cl)s1)C(=O)O. The van der Waals surface area contributed by atoms with Crippen LogP contribution in [0.2, 0.25) is 4.34 Å². The number of hydrogen-bond acceptors (Lipinski definition) is 4. The van der Waals surface area contributed by atoms with Crippen molar-refractivity contribution in [3.05, 3.63) is 28.2 Å². The molecule has 2 heterocycles. The van der Waals surface area contributed by atoms with Crippen LogP contribution in [0.1, 0.15) is 30.6 Å². The van der Waals surface area contributed by atoms with Crippen LogP contribution in [0.4, 0.5) is 0 Å². The number of rotatable bonds is 6. The number of carbonyl (C=O) groups excluding carboxylic acids is 1. The van der Waals surface area contributed by atoms with Gasteiger partial charge in [0, 0.05) is 0 Å². The number of halogens is 1. The first-order valence-electron chi connectivity index (χ1n) is 6.71. The van der Waals surface area contributed by atoms with Gasteiger partial charge in [-0.1, -0.05) is 25.4 Å². The molecular weight excluding hydrogens is 326 g/mol. The molecule has 2 rings (SSSR count). The Morgan fingerprint density at radius 1 is 1.45 bits per heavy atom. The van der Waals surface area contributed by atoms with E-state index in [0.29, 0.717) is 22.0 Å². The Labute approximate surface area is 136 Å². The number of nitrogens with one attached hydrogen (secondary N) is 2. The fourth-order valence-corrected chi connectivity index (χ4v) is 3.08. The Morgan fingerprint density at radius 2 is 2.18 bits per heavy atom. The van der Waals surface area contributed by atoms with Crippen LogP contribution in [0.25, 0.3) is 10.6 Å². The zero-order valence-electron chi connectivity index (χ0n) is 12.1. The minimum atomic E-state index is -1.05. The van der Waals surface area contributed by atoms with E-state index in [-0.39, 0.29) is 5.92 Å². The molecule has 0 saturated carbocycles. The Kier molecular flexibility index (Phi) is 5.20. The average molecular weight is 342 g/mol. The Balaban J connectivity index is 2.20. The number of carboxylic acids is 1. The summed E-state index contributed by atoms with van der Waals surface area (Å²) in [5, 5.41) is 18.4. The molecule has 22 heavy (non-hydrogen) atoms. The van der Waals surface area contributed by atoms with E-state index in [4.69, 9.17) is 11.6 Å². The molecule has 0 aliphatic rings. The maximum absolute atomic E-state index is 12.3. The maximum Gasteiger partial charge on any atom is 0.326 e. The molecule has 8 heteroatoms. The normalized spacial score (nSPS) is 12.4. The van der Waals surface area contributed by atoms with Crippen LogP contribution in [0.3, 0.4) is 0 Å². The van der Waals surface area contributed by atoms with Crippen LogP contribution in [-0.4, -0.2) is 33.2 Å². The lowest BCUT2D eigenvalue weighted by atomic mass is 10.0. The zero-order valence-corrected chi connectivity index (χ0v) is 13.7. The van der Waals surface area contributed by atoms with E-state index in [0.717, 1.165) is 4.88 Å². The third kappa shape index (κ3) is 3.86. The number of aliphatic carboxylic acids is 1. The number of carbonyl (C=O) groups is 2. The molecule has 2 aromatic heterocycles. The zero-order chi connectivity index (χ0) is 16.3. The van der Waals surface area contributed by atoms with E-state index in [1.807, 2.05) is 13.8 Å². The molecule has 1 atom stereocenters. The molecule has 0 aliphatic heterocycles. The van der Waals surface area contributed by atoms with Crippen molar-refractivity contribution in [2.24, 2.45) is 5.92 Å². The molecule has 6 nitrogen and oxygen atoms in total. The summed E-state index contributed by atoms with van der Waals surface area (Å²) in [6.45, 7) is 3.80. The highest BCUT2D eigenvalue weighted by molar-refractivity contribution is 7.19. The smallest absolute Gasteiger partial charge is 0.326 e. The van der Waals surface area contributed by atoms with Gasteiger partial charge in [0.2, 0.25) is 0 Å². The molecule has 0 aromatic carbocycles. The van der Waals surface area contributed by atoms with Crippen molar-refractivity contribution in [3.8, 4) is 10.6 Å². The first-order valence-corrected chi connectivity index (χ1v) is 7.90. The molecule has 0 aliphatic carbocycles. The number of aromatic amines is 1. The number of carboxylic acid groups (broad SMARTS) is 1. The summed E-state index contributed by atoms with van der Waals surface area (Å²) in [5.74, 6) is -1.37. The van der Waals surface area contributed by atoms with Crippen molar-refractivity contribution < 1.29 is 14.7 Å². The number of H-pyrrole nitrogens is 1. The Morgan fingerprint density at radius 3 is 2.73 bits per heavy atom. The van der Waals surface area contributed by atoms with E-state index in [9.17, 15) is 14.7 Å². The van der Waals surface area contributed by atoms with Crippen LogP contribution in [-0.2, 0) is 4.79 Å². The van der Waals surface area contributed by atoms with Gasteiger partial charge in [-0.25, -0.2) is 4.79 Å². The first kappa shape index (κ1) is 16.5. The molecule has 118 valence electrons. The van der Waals surface area contributed by atoms with Crippen LogP contribution in [0, 0.1) is 5.92 Å². The van der Waals surface area contributed by atoms with Crippen molar-refractivity contribution in [1.82, 2.24) is 15.5 Å². The topological polar surface area (TPSA) is 95.1 Å². The molecule has 0 fully saturated rings. The van der Waals surface area contributed by atoms with Gasteiger partial charge in [-0.3, -0.25) is 9.89 Å². The highest BCUT2D eigenvalue weighted by Crippen LogP contribution is 2.31. The molecular formula is C14H16ClN3O3S. The number of thiophene rings is 1. The monoisotopic (exact) mass is 341 g/mol. The lowest BCUT2D eigenvalue weighted by molar-refractivity contribution is -0.139. The molecule has 0 unspecified atom stereocenters. The number of hydrogen-bond donors (Lipinski definition) is 3. The van der Waals surface area contributed by atoms with E-state index in [1.165, 1.54) is 17.5 Å². The molecule has 1 amide bonds. The third-order valence-electron chi connectivity index (χ3n) is 3.01. The molecule has 3 N–H and O–H groups in total. The van der Waals surface area contributed by atoms with Crippen LogP contribution >= 0.6 is 22.9 Å². The van der Waals surface area contributed by atoms with Gasteiger partial charge in [-0.05, 0) is 24.5 Å². The summed E-state index contributed by atoms with van der Waals surface area (Å²) in [6, 6.07) is 2.57. The largest absolute Gasteiger partial charge is 0.480 e. The second-order valence-corrected chi connectivity index (χ2v) is 6.97. The van der Waals surface area contributed by atoms with Crippen molar-refractivity contribution in [1.29, 1.82) is 0 Å². The van der Waals surface area contributed by atoms with Crippen molar-refractivity contribution >= 4 is 34.8 Å². The number of amides is 1. The predicted octanol–water partition coefficient (Wildman–Crippen LogP) is 3.02. The summed E-state index contributed by atoms with van der Waals surface area (Å²) >= 11 is 7.21. The van der Waals surface area contributed by atoms with Crippen LogP contribution in [0.5, 0.6) is 0 Å². The third-order valence-corrected chi connectivity index (χ3v) is 4.26. The van der Waals surface area contributed by atoms with Gasteiger partial charge in [0.25, 0.3) is 5.91 Å². The standard InChI is InChI=1S/C14H16ClN3O3S/c1-7(2)5-9(14(20)21)17-13(19)8-6-16-18-12(8)10-3-4-11(15)22-10/h3-4,6-7,9H,5H2,1-2H3,(H,16,18)(H,17,19)(H,20,21)/t9-/m1/s1. The van der Waals surface area contributed by atoms with Gasteiger partial charge in [0.15, 0.2) is 0 Å². The lowest BCUT2D eigenvalue weighted by Gasteiger charge is -2.16. The Hall–Kier alpha value is -1.86. The van der Waals surface area contributed by atoms with Gasteiger partial charge in [0.05, 0.1) is 26.7 Å². The van der Waals surface area contributed by atoms with Gasteiger partial charge in [0.1, 0.15) is 6.04 Å². The van der Waals surface area contributed by atoms with Crippen molar-refractivity contribution in [2.45, 2.75) is 26.3 Å². The number of aromatic nitrogens is 2. The molecule has 0 radical (unpaired) electrons. The lowest BCUT2D eigenvalue weighted by Crippen LogP contribution is -2.41. The first-order chi connectivity index (χ1) is 10.4. The molecule has 2 aromatic rings. The van der Waals surface area contributed by atoms with Gasteiger partial charge in [-0.2, -0.15) is 5.10 Å². The summed E-state index contributed by atoms with van der Waals surface area (Å²) in [4.78, 5) is 24.4.